The molecule has 1 fully saturated rings. The molecule has 0 aliphatic heterocycles. The number of nitrogens with zero attached hydrogens (tertiary/aromatic N) is 1. The molecule has 1 saturated carbocycles. The maximum Gasteiger partial charge on any atom is 0.227 e. The molecule has 28 heavy (non-hydrogen) atoms. The first-order chi connectivity index (χ1) is 13.5. The van der Waals surface area contributed by atoms with E-state index in [0.717, 1.165) is 42.6 Å². The molecule has 0 saturated heterocycles. The molecule has 148 valence electrons. The van der Waals surface area contributed by atoms with E-state index < -0.39 is 0 Å². The van der Waals surface area contributed by atoms with Gasteiger partial charge in [0.05, 0.1) is 6.54 Å². The van der Waals surface area contributed by atoms with Crippen LogP contribution >= 0.6 is 0 Å². The Hall–Kier alpha value is -2.82. The van der Waals surface area contributed by atoms with Gasteiger partial charge in [0.2, 0.25) is 5.91 Å². The number of aryl methyl sites for hydroxylation is 2. The highest BCUT2D eigenvalue weighted by atomic mass is 16.1. The maximum absolute atomic E-state index is 12.4. The average Bonchev–Trinajstić information content (AvgIpc) is 2.66. The van der Waals surface area contributed by atoms with Crippen LogP contribution in [0.4, 0.5) is 11.4 Å². The second kappa shape index (κ2) is 9.40. The van der Waals surface area contributed by atoms with Gasteiger partial charge < -0.3 is 16.4 Å². The van der Waals surface area contributed by atoms with E-state index in [4.69, 9.17) is 5.73 Å². The third-order valence-electron chi connectivity index (χ3n) is 5.10. The second-order valence-corrected chi connectivity index (χ2v) is 7.73. The van der Waals surface area contributed by atoms with E-state index in [-0.39, 0.29) is 11.8 Å². The highest BCUT2D eigenvalue weighted by Crippen LogP contribution is 2.25. The molecule has 0 unspecified atom stereocenters. The van der Waals surface area contributed by atoms with Crippen molar-refractivity contribution in [2.75, 3.05) is 10.6 Å². The molecule has 1 aliphatic carbocycles. The van der Waals surface area contributed by atoms with Gasteiger partial charge in [-0.05, 0) is 67.6 Å². The lowest BCUT2D eigenvalue weighted by atomic mass is 9.88. The summed E-state index contributed by atoms with van der Waals surface area (Å²) in [5.74, 6) is 0.658. The molecule has 0 atom stereocenters. The van der Waals surface area contributed by atoms with Gasteiger partial charge in [-0.1, -0.05) is 37.5 Å². The van der Waals surface area contributed by atoms with Crippen LogP contribution < -0.4 is 16.4 Å². The fourth-order valence-corrected chi connectivity index (χ4v) is 3.77. The zero-order chi connectivity index (χ0) is 19.9. The summed E-state index contributed by atoms with van der Waals surface area (Å²) in [5, 5.41) is 6.20. The molecule has 0 aromatic heterocycles. The smallest absolute Gasteiger partial charge is 0.227 e. The lowest BCUT2D eigenvalue weighted by molar-refractivity contribution is -0.120. The monoisotopic (exact) mass is 378 g/mol. The van der Waals surface area contributed by atoms with Crippen molar-refractivity contribution >= 4 is 23.2 Å². The summed E-state index contributed by atoms with van der Waals surface area (Å²) < 4.78 is 0. The molecule has 0 radical (unpaired) electrons. The maximum atomic E-state index is 12.4. The topological polar surface area (TPSA) is 79.5 Å². The van der Waals surface area contributed by atoms with Crippen LogP contribution in [-0.2, 0) is 11.3 Å². The zero-order valence-electron chi connectivity index (χ0n) is 16.8. The van der Waals surface area contributed by atoms with Crippen molar-refractivity contribution in [2.24, 2.45) is 16.6 Å². The first-order valence-electron chi connectivity index (χ1n) is 10.0. The standard InChI is InChI=1S/C23H30N4O/c1-16-11-17(2)13-21(12-16)27-23(24)25-15-18-7-6-10-20(14-18)26-22(28)19-8-4-3-5-9-19/h6-7,10-14,19H,3-5,8-9,15H2,1-2H3,(H,26,28)(H3,24,25,27). The normalized spacial score (nSPS) is 15.3. The minimum Gasteiger partial charge on any atom is -0.370 e. The van der Waals surface area contributed by atoms with Gasteiger partial charge in [-0.2, -0.15) is 0 Å². The van der Waals surface area contributed by atoms with Crippen molar-refractivity contribution in [1.82, 2.24) is 0 Å². The molecular weight excluding hydrogens is 348 g/mol. The van der Waals surface area contributed by atoms with Gasteiger partial charge in [0.25, 0.3) is 0 Å². The predicted octanol–water partition coefficient (Wildman–Crippen LogP) is 4.75. The third-order valence-corrected chi connectivity index (χ3v) is 5.10. The Morgan fingerprint density at radius 3 is 2.43 bits per heavy atom. The third kappa shape index (κ3) is 5.84. The van der Waals surface area contributed by atoms with Crippen molar-refractivity contribution in [2.45, 2.75) is 52.5 Å². The number of nitrogens with two attached hydrogens (primary N) is 1. The predicted molar refractivity (Wildman–Crippen MR) is 117 cm³/mol. The van der Waals surface area contributed by atoms with Gasteiger partial charge in [-0.15, -0.1) is 0 Å². The molecule has 4 N–H and O–H groups in total. The SMILES string of the molecule is Cc1cc(C)cc(NC(N)=NCc2cccc(NC(=O)C3CCCCC3)c2)c1. The molecule has 1 amide bonds. The fourth-order valence-electron chi connectivity index (χ4n) is 3.77. The Bertz CT molecular complexity index is 833. The summed E-state index contributed by atoms with van der Waals surface area (Å²) in [6.45, 7) is 4.56. The van der Waals surface area contributed by atoms with Gasteiger partial charge in [0, 0.05) is 17.3 Å². The minimum absolute atomic E-state index is 0.136. The van der Waals surface area contributed by atoms with Gasteiger partial charge in [0.1, 0.15) is 0 Å². The van der Waals surface area contributed by atoms with E-state index in [0.29, 0.717) is 12.5 Å². The lowest BCUT2D eigenvalue weighted by Gasteiger charge is -2.20. The first kappa shape index (κ1) is 19.9. The van der Waals surface area contributed by atoms with Crippen LogP contribution in [-0.4, -0.2) is 11.9 Å². The summed E-state index contributed by atoms with van der Waals surface area (Å²) >= 11 is 0. The van der Waals surface area contributed by atoms with Gasteiger partial charge in [-0.25, -0.2) is 4.99 Å². The number of guanidine groups is 1. The number of carbonyl (C=O) groups is 1. The summed E-state index contributed by atoms with van der Waals surface area (Å²) in [6.07, 6.45) is 5.54. The number of nitrogens with one attached hydrogen (secondary N) is 2. The van der Waals surface area contributed by atoms with E-state index in [2.05, 4.69) is 35.5 Å². The van der Waals surface area contributed by atoms with Crippen LogP contribution in [0.25, 0.3) is 0 Å². The fraction of sp³-hybridized carbons (Fsp3) is 0.391. The van der Waals surface area contributed by atoms with Crippen molar-refractivity contribution in [3.05, 3.63) is 59.2 Å². The van der Waals surface area contributed by atoms with Crippen LogP contribution in [0, 0.1) is 19.8 Å². The summed E-state index contributed by atoms with van der Waals surface area (Å²) in [5.41, 5.74) is 11.2. The van der Waals surface area contributed by atoms with Crippen LogP contribution in [0.1, 0.15) is 48.8 Å². The van der Waals surface area contributed by atoms with Gasteiger partial charge >= 0.3 is 0 Å². The number of hydrogen-bond donors (Lipinski definition) is 3. The Labute approximate surface area is 167 Å². The second-order valence-electron chi connectivity index (χ2n) is 7.73. The highest BCUT2D eigenvalue weighted by Gasteiger charge is 2.20. The van der Waals surface area contributed by atoms with Gasteiger partial charge in [-0.3, -0.25) is 4.79 Å². The zero-order valence-corrected chi connectivity index (χ0v) is 16.8. The molecule has 0 heterocycles. The van der Waals surface area contributed by atoms with Crippen molar-refractivity contribution in [1.29, 1.82) is 0 Å². The summed E-state index contributed by atoms with van der Waals surface area (Å²) in [7, 11) is 0. The van der Waals surface area contributed by atoms with Crippen LogP contribution in [0.15, 0.2) is 47.5 Å². The summed E-state index contributed by atoms with van der Waals surface area (Å²) in [4.78, 5) is 16.9. The van der Waals surface area contributed by atoms with Crippen molar-refractivity contribution < 1.29 is 4.79 Å². The van der Waals surface area contributed by atoms with E-state index in [1.807, 2.05) is 36.4 Å². The number of carbonyl (C=O) groups excluding carboxylic acids is 1. The average molecular weight is 379 g/mol. The Kier molecular flexibility index (Phi) is 6.69. The molecule has 2 aromatic carbocycles. The van der Waals surface area contributed by atoms with E-state index >= 15 is 0 Å². The van der Waals surface area contributed by atoms with Crippen LogP contribution in [0.3, 0.4) is 0 Å². The molecule has 0 bridgehead atoms. The van der Waals surface area contributed by atoms with Crippen molar-refractivity contribution in [3.63, 3.8) is 0 Å². The molecular formula is C23H30N4O. The van der Waals surface area contributed by atoms with E-state index in [9.17, 15) is 4.79 Å². The Morgan fingerprint density at radius 1 is 1.00 bits per heavy atom. The number of anilines is 2. The molecule has 5 nitrogen and oxygen atoms in total. The highest BCUT2D eigenvalue weighted by molar-refractivity contribution is 5.93. The Balaban J connectivity index is 1.58. The molecule has 0 spiro atoms. The molecule has 3 rings (SSSR count). The quantitative estimate of drug-likeness (QED) is 0.519. The van der Waals surface area contributed by atoms with Crippen molar-refractivity contribution in [3.8, 4) is 0 Å². The largest absolute Gasteiger partial charge is 0.370 e. The number of amides is 1. The lowest BCUT2D eigenvalue weighted by Crippen LogP contribution is -2.24. The summed E-state index contributed by atoms with van der Waals surface area (Å²) in [6, 6.07) is 14.0. The molecule has 5 heteroatoms. The number of hydrogen-bond acceptors (Lipinski definition) is 2. The number of benzene rings is 2. The Morgan fingerprint density at radius 2 is 1.71 bits per heavy atom. The molecule has 1 aliphatic rings. The number of rotatable bonds is 5. The minimum atomic E-state index is 0.136. The van der Waals surface area contributed by atoms with E-state index in [1.54, 1.807) is 0 Å². The first-order valence-corrected chi connectivity index (χ1v) is 10.0. The van der Waals surface area contributed by atoms with E-state index in [1.165, 1.54) is 17.5 Å². The van der Waals surface area contributed by atoms with Crippen LogP contribution in [0.2, 0.25) is 0 Å². The number of aliphatic imine (C=N–C) groups is 1. The van der Waals surface area contributed by atoms with Gasteiger partial charge in [0.15, 0.2) is 5.96 Å². The molecule has 2 aromatic rings. The van der Waals surface area contributed by atoms with Crippen LogP contribution in [0.5, 0.6) is 0 Å².